The van der Waals surface area contributed by atoms with Gasteiger partial charge in [0.25, 0.3) is 0 Å². The van der Waals surface area contributed by atoms with Crippen LogP contribution in [0, 0.1) is 6.92 Å². The highest BCUT2D eigenvalue weighted by atomic mass is 15.5. The molecule has 0 amide bonds. The Bertz CT molecular complexity index is 505. The van der Waals surface area contributed by atoms with E-state index in [1.807, 2.05) is 12.1 Å². The normalized spacial score (nSPS) is 11.8. The molecule has 4 nitrogen and oxygen atoms in total. The number of nitrogens with zero attached hydrogens (tertiary/aromatic N) is 3. The molecule has 0 saturated carbocycles. The van der Waals surface area contributed by atoms with Crippen LogP contribution in [0.5, 0.6) is 0 Å². The Morgan fingerprint density at radius 1 is 1.17 bits per heavy atom. The van der Waals surface area contributed by atoms with Gasteiger partial charge in [0.1, 0.15) is 0 Å². The van der Waals surface area contributed by atoms with Crippen molar-refractivity contribution in [3.8, 4) is 5.69 Å². The van der Waals surface area contributed by atoms with E-state index >= 15 is 0 Å². The number of hydrogen-bond acceptors (Lipinski definition) is 3. The van der Waals surface area contributed by atoms with Crippen LogP contribution in [0.2, 0.25) is 0 Å². The second-order valence-corrected chi connectivity index (χ2v) is 5.56. The summed E-state index contributed by atoms with van der Waals surface area (Å²) in [7, 11) is 0. The molecule has 0 saturated heterocycles. The molecule has 1 aromatic carbocycles. The van der Waals surface area contributed by atoms with Crippen molar-refractivity contribution in [2.24, 2.45) is 0 Å². The van der Waals surface area contributed by atoms with Crippen LogP contribution in [0.1, 0.15) is 32.0 Å². The SMILES string of the molecule is Cc1ccc(-n2ncc(CNC(C)(C)C)n2)cc1. The molecule has 2 aromatic rings. The monoisotopic (exact) mass is 244 g/mol. The first-order valence-electron chi connectivity index (χ1n) is 6.17. The minimum absolute atomic E-state index is 0.0909. The fourth-order valence-electron chi connectivity index (χ4n) is 1.53. The smallest absolute Gasteiger partial charge is 0.0969 e. The summed E-state index contributed by atoms with van der Waals surface area (Å²) in [6, 6.07) is 8.17. The summed E-state index contributed by atoms with van der Waals surface area (Å²) >= 11 is 0. The standard InChI is InChI=1S/C14H20N4/c1-11-5-7-13(8-6-11)18-16-10-12(17-18)9-15-14(2,3)4/h5-8,10,15H,9H2,1-4H3. The largest absolute Gasteiger partial charge is 0.306 e. The van der Waals surface area contributed by atoms with E-state index in [0.29, 0.717) is 0 Å². The lowest BCUT2D eigenvalue weighted by molar-refractivity contribution is 0.420. The van der Waals surface area contributed by atoms with Crippen molar-refractivity contribution in [2.75, 3.05) is 0 Å². The van der Waals surface area contributed by atoms with Gasteiger partial charge in [0, 0.05) is 12.1 Å². The molecule has 2 rings (SSSR count). The van der Waals surface area contributed by atoms with Gasteiger partial charge in [0.15, 0.2) is 0 Å². The Morgan fingerprint density at radius 3 is 2.44 bits per heavy atom. The molecule has 1 heterocycles. The maximum Gasteiger partial charge on any atom is 0.0969 e. The topological polar surface area (TPSA) is 42.7 Å². The number of nitrogens with one attached hydrogen (secondary N) is 1. The molecular formula is C14H20N4. The summed E-state index contributed by atoms with van der Waals surface area (Å²) in [6.45, 7) is 9.21. The van der Waals surface area contributed by atoms with Crippen LogP contribution in [-0.4, -0.2) is 20.5 Å². The number of benzene rings is 1. The average Bonchev–Trinajstić information content (AvgIpc) is 2.75. The summed E-state index contributed by atoms with van der Waals surface area (Å²) in [5, 5.41) is 12.1. The molecule has 96 valence electrons. The minimum atomic E-state index is 0.0909. The van der Waals surface area contributed by atoms with E-state index in [9.17, 15) is 0 Å². The predicted molar refractivity (Wildman–Crippen MR) is 72.7 cm³/mol. The molecule has 18 heavy (non-hydrogen) atoms. The van der Waals surface area contributed by atoms with Gasteiger partial charge in [0.2, 0.25) is 0 Å². The van der Waals surface area contributed by atoms with Gasteiger partial charge < -0.3 is 5.32 Å². The molecule has 0 radical (unpaired) electrons. The van der Waals surface area contributed by atoms with Gasteiger partial charge in [-0.05, 0) is 39.8 Å². The first-order chi connectivity index (χ1) is 8.44. The average molecular weight is 244 g/mol. The van der Waals surface area contributed by atoms with E-state index in [0.717, 1.165) is 17.9 Å². The molecule has 0 aliphatic carbocycles. The van der Waals surface area contributed by atoms with Crippen molar-refractivity contribution < 1.29 is 0 Å². The number of aryl methyl sites for hydroxylation is 1. The van der Waals surface area contributed by atoms with Gasteiger partial charge in [-0.15, -0.1) is 0 Å². The lowest BCUT2D eigenvalue weighted by atomic mass is 10.1. The summed E-state index contributed by atoms with van der Waals surface area (Å²) in [6.07, 6.45) is 1.80. The van der Waals surface area contributed by atoms with Crippen LogP contribution in [0.15, 0.2) is 30.5 Å². The third-order valence-electron chi connectivity index (χ3n) is 2.60. The Labute approximate surface area is 108 Å². The van der Waals surface area contributed by atoms with E-state index in [2.05, 4.69) is 55.3 Å². The number of rotatable bonds is 3. The number of hydrogen-bond donors (Lipinski definition) is 1. The van der Waals surface area contributed by atoms with Crippen LogP contribution in [0.4, 0.5) is 0 Å². The van der Waals surface area contributed by atoms with E-state index < -0.39 is 0 Å². The summed E-state index contributed by atoms with van der Waals surface area (Å²) < 4.78 is 0. The second-order valence-electron chi connectivity index (χ2n) is 5.56. The molecule has 0 spiro atoms. The zero-order valence-electron chi connectivity index (χ0n) is 11.4. The third kappa shape index (κ3) is 3.40. The first-order valence-corrected chi connectivity index (χ1v) is 6.17. The highest BCUT2D eigenvalue weighted by Crippen LogP contribution is 2.08. The van der Waals surface area contributed by atoms with Crippen LogP contribution < -0.4 is 5.32 Å². The molecule has 0 aliphatic rings. The Hall–Kier alpha value is -1.68. The van der Waals surface area contributed by atoms with E-state index in [1.165, 1.54) is 5.56 Å². The Balaban J connectivity index is 2.08. The molecule has 0 aliphatic heterocycles. The summed E-state index contributed by atoms with van der Waals surface area (Å²) in [5.74, 6) is 0. The molecule has 4 heteroatoms. The van der Waals surface area contributed by atoms with Gasteiger partial charge in [-0.3, -0.25) is 0 Å². The molecule has 0 bridgehead atoms. The Morgan fingerprint density at radius 2 is 1.83 bits per heavy atom. The van der Waals surface area contributed by atoms with Gasteiger partial charge in [-0.25, -0.2) is 0 Å². The van der Waals surface area contributed by atoms with E-state index in [4.69, 9.17) is 0 Å². The van der Waals surface area contributed by atoms with E-state index in [1.54, 1.807) is 11.0 Å². The van der Waals surface area contributed by atoms with Crippen molar-refractivity contribution >= 4 is 0 Å². The maximum absolute atomic E-state index is 4.46. The van der Waals surface area contributed by atoms with Gasteiger partial charge in [0.05, 0.1) is 17.6 Å². The van der Waals surface area contributed by atoms with Crippen LogP contribution in [-0.2, 0) is 6.54 Å². The number of aromatic nitrogens is 3. The Kier molecular flexibility index (Phi) is 3.48. The zero-order chi connectivity index (χ0) is 13.2. The van der Waals surface area contributed by atoms with Gasteiger partial charge in [-0.1, -0.05) is 17.7 Å². The minimum Gasteiger partial charge on any atom is -0.306 e. The van der Waals surface area contributed by atoms with Gasteiger partial charge in [-0.2, -0.15) is 15.0 Å². The van der Waals surface area contributed by atoms with Crippen molar-refractivity contribution in [1.82, 2.24) is 20.3 Å². The molecule has 0 fully saturated rings. The van der Waals surface area contributed by atoms with Crippen molar-refractivity contribution in [2.45, 2.75) is 39.8 Å². The fraction of sp³-hybridized carbons (Fsp3) is 0.429. The second kappa shape index (κ2) is 4.90. The summed E-state index contributed by atoms with van der Waals surface area (Å²) in [5.41, 5.74) is 3.27. The van der Waals surface area contributed by atoms with E-state index in [-0.39, 0.29) is 5.54 Å². The maximum atomic E-state index is 4.46. The molecule has 1 aromatic heterocycles. The predicted octanol–water partition coefficient (Wildman–Crippen LogP) is 2.46. The lowest BCUT2D eigenvalue weighted by Gasteiger charge is -2.19. The summed E-state index contributed by atoms with van der Waals surface area (Å²) in [4.78, 5) is 1.67. The third-order valence-corrected chi connectivity index (χ3v) is 2.60. The van der Waals surface area contributed by atoms with Crippen molar-refractivity contribution in [3.63, 3.8) is 0 Å². The van der Waals surface area contributed by atoms with Crippen LogP contribution in [0.3, 0.4) is 0 Å². The van der Waals surface area contributed by atoms with Crippen molar-refractivity contribution in [3.05, 3.63) is 41.7 Å². The lowest BCUT2D eigenvalue weighted by Crippen LogP contribution is -2.35. The fourth-order valence-corrected chi connectivity index (χ4v) is 1.53. The highest BCUT2D eigenvalue weighted by molar-refractivity contribution is 5.32. The van der Waals surface area contributed by atoms with Crippen LogP contribution >= 0.6 is 0 Å². The molecule has 0 unspecified atom stereocenters. The highest BCUT2D eigenvalue weighted by Gasteiger charge is 2.10. The quantitative estimate of drug-likeness (QED) is 0.902. The molecular weight excluding hydrogens is 224 g/mol. The van der Waals surface area contributed by atoms with Crippen LogP contribution in [0.25, 0.3) is 5.69 Å². The molecule has 1 N–H and O–H groups in total. The van der Waals surface area contributed by atoms with Gasteiger partial charge >= 0.3 is 0 Å². The zero-order valence-corrected chi connectivity index (χ0v) is 11.4. The molecule has 0 atom stereocenters. The first kappa shape index (κ1) is 12.8. The van der Waals surface area contributed by atoms with Crippen molar-refractivity contribution in [1.29, 1.82) is 0 Å².